The van der Waals surface area contributed by atoms with E-state index in [9.17, 15) is 18.5 Å². The van der Waals surface area contributed by atoms with Gasteiger partial charge in [-0.25, -0.2) is 8.42 Å². The Kier molecular flexibility index (Phi) is 4.92. The van der Waals surface area contributed by atoms with Crippen LogP contribution in [0.1, 0.15) is 18.4 Å². The van der Waals surface area contributed by atoms with E-state index in [1.165, 1.54) is 22.5 Å². The molecule has 1 heterocycles. The third kappa shape index (κ3) is 3.58. The highest BCUT2D eigenvalue weighted by molar-refractivity contribution is 7.88. The average Bonchev–Trinajstić information content (AvgIpc) is 2.88. The molecule has 21 heavy (non-hydrogen) atoms. The number of para-hydroxylation sites is 1. The fourth-order valence-corrected chi connectivity index (χ4v) is 4.55. The number of rotatable bonds is 6. The first-order valence-corrected chi connectivity index (χ1v) is 8.43. The maximum Gasteiger partial charge on any atom is 0.273 e. The third-order valence-corrected chi connectivity index (χ3v) is 5.52. The van der Waals surface area contributed by atoms with Gasteiger partial charge in [0.25, 0.3) is 5.69 Å². The van der Waals surface area contributed by atoms with Crippen LogP contribution in [0.5, 0.6) is 0 Å². The molecule has 1 atom stereocenters. The van der Waals surface area contributed by atoms with Crippen molar-refractivity contribution in [3.63, 3.8) is 0 Å². The minimum Gasteiger partial charge on any atom is -0.318 e. The SMILES string of the molecule is CNCC1CCCN1S(=O)(=O)Cc1ccccc1[N+](=O)[O-]. The van der Waals surface area contributed by atoms with Crippen LogP contribution >= 0.6 is 0 Å². The molecule has 1 fully saturated rings. The van der Waals surface area contributed by atoms with E-state index in [0.717, 1.165) is 12.8 Å². The van der Waals surface area contributed by atoms with Crippen LogP contribution < -0.4 is 5.32 Å². The number of nitrogens with zero attached hydrogens (tertiary/aromatic N) is 2. The summed E-state index contributed by atoms with van der Waals surface area (Å²) in [6.07, 6.45) is 1.64. The van der Waals surface area contributed by atoms with E-state index >= 15 is 0 Å². The van der Waals surface area contributed by atoms with Crippen LogP contribution in [0.15, 0.2) is 24.3 Å². The molecule has 1 aliphatic rings. The van der Waals surface area contributed by atoms with Gasteiger partial charge in [0.15, 0.2) is 0 Å². The van der Waals surface area contributed by atoms with Crippen LogP contribution in [0.4, 0.5) is 5.69 Å². The van der Waals surface area contributed by atoms with Gasteiger partial charge in [-0.05, 0) is 19.9 Å². The Bertz CT molecular complexity index is 618. The molecule has 0 spiro atoms. The zero-order chi connectivity index (χ0) is 15.5. The molecule has 1 aliphatic heterocycles. The zero-order valence-electron chi connectivity index (χ0n) is 11.9. The number of sulfonamides is 1. The van der Waals surface area contributed by atoms with Crippen LogP contribution in [-0.2, 0) is 15.8 Å². The Labute approximate surface area is 124 Å². The van der Waals surface area contributed by atoms with Crippen molar-refractivity contribution in [2.24, 2.45) is 0 Å². The monoisotopic (exact) mass is 313 g/mol. The second kappa shape index (κ2) is 6.50. The fourth-order valence-electron chi connectivity index (χ4n) is 2.71. The van der Waals surface area contributed by atoms with E-state index in [-0.39, 0.29) is 23.0 Å². The van der Waals surface area contributed by atoms with Crippen LogP contribution in [0.25, 0.3) is 0 Å². The van der Waals surface area contributed by atoms with Crippen molar-refractivity contribution in [1.29, 1.82) is 0 Å². The molecule has 116 valence electrons. The smallest absolute Gasteiger partial charge is 0.273 e. The lowest BCUT2D eigenvalue weighted by molar-refractivity contribution is -0.385. The van der Waals surface area contributed by atoms with Gasteiger partial charge in [-0.2, -0.15) is 4.31 Å². The van der Waals surface area contributed by atoms with E-state index < -0.39 is 14.9 Å². The summed E-state index contributed by atoms with van der Waals surface area (Å²) in [6, 6.07) is 5.92. The van der Waals surface area contributed by atoms with Gasteiger partial charge in [-0.3, -0.25) is 10.1 Å². The number of likely N-dealkylation sites (N-methyl/N-ethyl adjacent to an activating group) is 1. The van der Waals surface area contributed by atoms with Gasteiger partial charge in [0.05, 0.1) is 10.7 Å². The summed E-state index contributed by atoms with van der Waals surface area (Å²) < 4.78 is 26.5. The second-order valence-electron chi connectivity index (χ2n) is 5.11. The fraction of sp³-hybridized carbons (Fsp3) is 0.538. The minimum atomic E-state index is -3.55. The van der Waals surface area contributed by atoms with E-state index in [1.807, 2.05) is 0 Å². The Morgan fingerprint density at radius 3 is 2.81 bits per heavy atom. The van der Waals surface area contributed by atoms with Crippen LogP contribution in [0.2, 0.25) is 0 Å². The van der Waals surface area contributed by atoms with Crippen molar-refractivity contribution >= 4 is 15.7 Å². The molecule has 1 aromatic carbocycles. The highest BCUT2D eigenvalue weighted by Crippen LogP contribution is 2.26. The summed E-state index contributed by atoms with van der Waals surface area (Å²) in [5, 5.41) is 14.0. The first kappa shape index (κ1) is 15.9. The standard InChI is InChI=1S/C13H19N3O4S/c1-14-9-12-6-4-8-15(12)21(19,20)10-11-5-2-3-7-13(11)16(17)18/h2-3,5,7,12,14H,4,6,8-10H2,1H3. The van der Waals surface area contributed by atoms with Crippen LogP contribution in [0, 0.1) is 10.1 Å². The Morgan fingerprint density at radius 1 is 1.43 bits per heavy atom. The first-order chi connectivity index (χ1) is 9.95. The molecule has 1 N–H and O–H groups in total. The van der Waals surface area contributed by atoms with E-state index in [1.54, 1.807) is 13.1 Å². The van der Waals surface area contributed by atoms with Crippen molar-refractivity contribution < 1.29 is 13.3 Å². The quantitative estimate of drug-likeness (QED) is 0.627. The molecule has 1 saturated heterocycles. The normalized spacial score (nSPS) is 19.8. The summed E-state index contributed by atoms with van der Waals surface area (Å²) in [5.41, 5.74) is 0.0862. The third-order valence-electron chi connectivity index (χ3n) is 3.65. The molecule has 0 amide bonds. The molecular weight excluding hydrogens is 294 g/mol. The Hall–Kier alpha value is -1.51. The lowest BCUT2D eigenvalue weighted by atomic mass is 10.2. The predicted molar refractivity (Wildman–Crippen MR) is 79.4 cm³/mol. The highest BCUT2D eigenvalue weighted by Gasteiger charge is 2.34. The van der Waals surface area contributed by atoms with E-state index in [2.05, 4.69) is 5.32 Å². The molecule has 8 heteroatoms. The van der Waals surface area contributed by atoms with Crippen LogP contribution in [0.3, 0.4) is 0 Å². The molecule has 0 aromatic heterocycles. The maximum atomic E-state index is 12.5. The topological polar surface area (TPSA) is 92.6 Å². The Morgan fingerprint density at radius 2 is 2.14 bits per heavy atom. The average molecular weight is 313 g/mol. The maximum absolute atomic E-state index is 12.5. The zero-order valence-corrected chi connectivity index (χ0v) is 12.7. The molecule has 0 radical (unpaired) electrons. The van der Waals surface area contributed by atoms with Crippen molar-refractivity contribution in [2.45, 2.75) is 24.6 Å². The van der Waals surface area contributed by atoms with Gasteiger partial charge < -0.3 is 5.32 Å². The predicted octanol–water partition coefficient (Wildman–Crippen LogP) is 1.11. The second-order valence-corrected chi connectivity index (χ2v) is 7.03. The lowest BCUT2D eigenvalue weighted by Gasteiger charge is -2.23. The van der Waals surface area contributed by atoms with Crippen molar-refractivity contribution in [3.8, 4) is 0 Å². The summed E-state index contributed by atoms with van der Waals surface area (Å²) in [4.78, 5) is 10.4. The van der Waals surface area contributed by atoms with E-state index in [0.29, 0.717) is 13.1 Å². The van der Waals surface area contributed by atoms with Gasteiger partial charge in [0, 0.05) is 30.8 Å². The molecule has 2 rings (SSSR count). The van der Waals surface area contributed by atoms with Gasteiger partial charge >= 0.3 is 0 Å². The number of benzene rings is 1. The van der Waals surface area contributed by atoms with Gasteiger partial charge in [0.2, 0.25) is 10.0 Å². The van der Waals surface area contributed by atoms with Gasteiger partial charge in [-0.1, -0.05) is 18.2 Å². The molecule has 0 aliphatic carbocycles. The van der Waals surface area contributed by atoms with Crippen molar-refractivity contribution in [2.75, 3.05) is 20.1 Å². The highest BCUT2D eigenvalue weighted by atomic mass is 32.2. The lowest BCUT2D eigenvalue weighted by Crippen LogP contribution is -2.41. The first-order valence-electron chi connectivity index (χ1n) is 6.82. The van der Waals surface area contributed by atoms with Crippen LogP contribution in [-0.4, -0.2) is 43.8 Å². The Balaban J connectivity index is 2.24. The molecule has 0 saturated carbocycles. The number of nitrogens with one attached hydrogen (secondary N) is 1. The minimum absolute atomic E-state index is 0.0669. The van der Waals surface area contributed by atoms with Gasteiger partial charge in [0.1, 0.15) is 0 Å². The number of nitro benzene ring substituents is 1. The molecule has 1 unspecified atom stereocenters. The molecule has 0 bridgehead atoms. The molecule has 1 aromatic rings. The number of nitro groups is 1. The van der Waals surface area contributed by atoms with E-state index in [4.69, 9.17) is 0 Å². The molecule has 7 nitrogen and oxygen atoms in total. The number of hydrogen-bond donors (Lipinski definition) is 1. The van der Waals surface area contributed by atoms with Crippen molar-refractivity contribution in [1.82, 2.24) is 9.62 Å². The summed E-state index contributed by atoms with van der Waals surface area (Å²) in [6.45, 7) is 1.07. The summed E-state index contributed by atoms with van der Waals surface area (Å²) in [5.74, 6) is -0.329. The number of hydrogen-bond acceptors (Lipinski definition) is 5. The summed E-state index contributed by atoms with van der Waals surface area (Å²) in [7, 11) is -1.77. The molecular formula is C13H19N3O4S. The summed E-state index contributed by atoms with van der Waals surface area (Å²) >= 11 is 0. The van der Waals surface area contributed by atoms with Crippen molar-refractivity contribution in [3.05, 3.63) is 39.9 Å². The van der Waals surface area contributed by atoms with Gasteiger partial charge in [-0.15, -0.1) is 0 Å². The largest absolute Gasteiger partial charge is 0.318 e.